The first-order valence-electron chi connectivity index (χ1n) is 4.58. The molecule has 0 unspecified atom stereocenters. The van der Waals surface area contributed by atoms with E-state index in [1.165, 1.54) is 5.39 Å². The molecule has 0 amide bonds. The molecule has 0 saturated carbocycles. The number of nitrogens with one attached hydrogen (secondary N) is 1. The molecule has 0 bridgehead atoms. The van der Waals surface area contributed by atoms with Crippen LogP contribution in [0.1, 0.15) is 12.5 Å². The molecule has 1 aromatic heterocycles. The van der Waals surface area contributed by atoms with Crippen LogP contribution in [0.2, 0.25) is 0 Å². The normalized spacial score (nSPS) is 11.2. The maximum absolute atomic E-state index is 4.26. The van der Waals surface area contributed by atoms with E-state index in [4.69, 9.17) is 0 Å². The maximum atomic E-state index is 4.26. The fourth-order valence-corrected chi connectivity index (χ4v) is 1.59. The first kappa shape index (κ1) is 8.75. The Labute approximate surface area is 83.0 Å². The Morgan fingerprint density at radius 1 is 1.36 bits per heavy atom. The second kappa shape index (κ2) is 3.50. The molecule has 0 radical (unpaired) electrons. The summed E-state index contributed by atoms with van der Waals surface area (Å²) in [4.78, 5) is 7.51. The lowest BCUT2D eigenvalue weighted by Crippen LogP contribution is -1.68. The van der Waals surface area contributed by atoms with Gasteiger partial charge in [0, 0.05) is 22.7 Å². The molecule has 0 fully saturated rings. The van der Waals surface area contributed by atoms with Crippen molar-refractivity contribution in [1.29, 1.82) is 0 Å². The highest BCUT2D eigenvalue weighted by atomic mass is 14.9. The van der Waals surface area contributed by atoms with Crippen molar-refractivity contribution in [3.05, 3.63) is 36.4 Å². The fraction of sp³-hybridized carbons (Fsp3) is 0.0833. The van der Waals surface area contributed by atoms with Crippen molar-refractivity contribution in [2.24, 2.45) is 4.99 Å². The number of H-pyrrole nitrogens is 1. The summed E-state index contributed by atoms with van der Waals surface area (Å²) < 4.78 is 0. The van der Waals surface area contributed by atoms with Crippen molar-refractivity contribution in [3.8, 4) is 0 Å². The van der Waals surface area contributed by atoms with Gasteiger partial charge in [0.1, 0.15) is 5.82 Å². The Morgan fingerprint density at radius 2 is 2.14 bits per heavy atom. The number of rotatable bonds is 2. The monoisotopic (exact) mass is 184 g/mol. The predicted molar refractivity (Wildman–Crippen MR) is 62.2 cm³/mol. The van der Waals surface area contributed by atoms with Crippen LogP contribution in [0.15, 0.2) is 35.8 Å². The standard InChI is InChI=1S/C12H12N2/c1-3-9-10-7-5-6-8-11(10)14-12(9)13-4-2/h3-8,14H,1H2,2H3/b13-4-. The highest BCUT2D eigenvalue weighted by molar-refractivity contribution is 5.94. The van der Waals surface area contributed by atoms with Gasteiger partial charge in [0.15, 0.2) is 0 Å². The molecule has 2 nitrogen and oxygen atoms in total. The summed E-state index contributed by atoms with van der Waals surface area (Å²) in [5, 5.41) is 1.17. The van der Waals surface area contributed by atoms with E-state index in [9.17, 15) is 0 Å². The average Bonchev–Trinajstić information content (AvgIpc) is 2.55. The first-order valence-corrected chi connectivity index (χ1v) is 4.58. The van der Waals surface area contributed by atoms with E-state index in [0.29, 0.717) is 0 Å². The molecule has 0 aliphatic heterocycles. The third-order valence-electron chi connectivity index (χ3n) is 2.19. The number of benzene rings is 1. The van der Waals surface area contributed by atoms with Crippen molar-refractivity contribution in [2.45, 2.75) is 6.92 Å². The van der Waals surface area contributed by atoms with Crippen LogP contribution in [0.4, 0.5) is 5.82 Å². The third-order valence-corrected chi connectivity index (χ3v) is 2.19. The van der Waals surface area contributed by atoms with Crippen LogP contribution < -0.4 is 0 Å². The lowest BCUT2D eigenvalue weighted by molar-refractivity contribution is 1.37. The summed E-state index contributed by atoms with van der Waals surface area (Å²) in [6, 6.07) is 8.13. The van der Waals surface area contributed by atoms with Crippen LogP contribution >= 0.6 is 0 Å². The molecule has 0 aliphatic rings. The summed E-state index contributed by atoms with van der Waals surface area (Å²) >= 11 is 0. The molecule has 0 spiro atoms. The molecule has 0 saturated heterocycles. The van der Waals surface area contributed by atoms with Crippen molar-refractivity contribution in [1.82, 2.24) is 4.98 Å². The van der Waals surface area contributed by atoms with Gasteiger partial charge < -0.3 is 4.98 Å². The Hall–Kier alpha value is -1.83. The van der Waals surface area contributed by atoms with E-state index < -0.39 is 0 Å². The summed E-state index contributed by atoms with van der Waals surface area (Å²) in [6.45, 7) is 5.70. The van der Waals surface area contributed by atoms with E-state index in [1.54, 1.807) is 6.21 Å². The minimum atomic E-state index is 0.878. The van der Waals surface area contributed by atoms with E-state index in [-0.39, 0.29) is 0 Å². The van der Waals surface area contributed by atoms with E-state index in [1.807, 2.05) is 31.2 Å². The van der Waals surface area contributed by atoms with Crippen LogP contribution in [0.3, 0.4) is 0 Å². The van der Waals surface area contributed by atoms with Crippen molar-refractivity contribution < 1.29 is 0 Å². The van der Waals surface area contributed by atoms with Gasteiger partial charge in [0.25, 0.3) is 0 Å². The molecule has 1 N–H and O–H groups in total. The number of hydrogen-bond donors (Lipinski definition) is 1. The van der Waals surface area contributed by atoms with Gasteiger partial charge in [0.2, 0.25) is 0 Å². The molecule has 14 heavy (non-hydrogen) atoms. The van der Waals surface area contributed by atoms with Crippen LogP contribution in [-0.2, 0) is 0 Å². The molecule has 70 valence electrons. The molecule has 0 aliphatic carbocycles. The summed E-state index contributed by atoms with van der Waals surface area (Å²) in [5.41, 5.74) is 2.17. The molecule has 2 aromatic rings. The summed E-state index contributed by atoms with van der Waals surface area (Å²) in [6.07, 6.45) is 3.61. The van der Waals surface area contributed by atoms with Crippen LogP contribution in [0.5, 0.6) is 0 Å². The van der Waals surface area contributed by atoms with Gasteiger partial charge in [-0.25, -0.2) is 4.99 Å². The number of aromatic nitrogens is 1. The molecule has 1 heterocycles. The third kappa shape index (κ3) is 1.25. The number of para-hydroxylation sites is 1. The lowest BCUT2D eigenvalue weighted by Gasteiger charge is -1.90. The quantitative estimate of drug-likeness (QED) is 0.691. The highest BCUT2D eigenvalue weighted by Crippen LogP contribution is 2.28. The zero-order valence-corrected chi connectivity index (χ0v) is 8.12. The fourth-order valence-electron chi connectivity index (χ4n) is 1.59. The largest absolute Gasteiger partial charge is 0.339 e. The van der Waals surface area contributed by atoms with Gasteiger partial charge in [-0.05, 0) is 13.0 Å². The van der Waals surface area contributed by atoms with Crippen molar-refractivity contribution in [2.75, 3.05) is 0 Å². The van der Waals surface area contributed by atoms with Gasteiger partial charge in [-0.2, -0.15) is 0 Å². The minimum Gasteiger partial charge on any atom is -0.339 e. The maximum Gasteiger partial charge on any atom is 0.137 e. The average molecular weight is 184 g/mol. The van der Waals surface area contributed by atoms with Crippen molar-refractivity contribution in [3.63, 3.8) is 0 Å². The number of nitrogens with zero attached hydrogens (tertiary/aromatic N) is 1. The van der Waals surface area contributed by atoms with Crippen LogP contribution in [0.25, 0.3) is 17.0 Å². The molecule has 1 aromatic carbocycles. The van der Waals surface area contributed by atoms with Gasteiger partial charge in [-0.3, -0.25) is 0 Å². The first-order chi connectivity index (χ1) is 6.86. The summed E-state index contributed by atoms with van der Waals surface area (Å²) in [5.74, 6) is 0.878. The van der Waals surface area contributed by atoms with Crippen LogP contribution in [-0.4, -0.2) is 11.2 Å². The van der Waals surface area contributed by atoms with Crippen molar-refractivity contribution >= 4 is 29.0 Å². The number of aromatic amines is 1. The lowest BCUT2D eigenvalue weighted by atomic mass is 10.1. The Morgan fingerprint density at radius 3 is 2.86 bits per heavy atom. The number of fused-ring (bicyclic) bond motifs is 1. The zero-order valence-electron chi connectivity index (χ0n) is 8.12. The Bertz CT molecular complexity index is 492. The zero-order chi connectivity index (χ0) is 9.97. The number of hydrogen-bond acceptors (Lipinski definition) is 1. The Balaban J connectivity index is 2.78. The second-order valence-electron chi connectivity index (χ2n) is 3.02. The van der Waals surface area contributed by atoms with Gasteiger partial charge in [-0.15, -0.1) is 0 Å². The van der Waals surface area contributed by atoms with Gasteiger partial charge in [0.05, 0.1) is 0 Å². The van der Waals surface area contributed by atoms with Gasteiger partial charge >= 0.3 is 0 Å². The van der Waals surface area contributed by atoms with Crippen LogP contribution in [0, 0.1) is 0 Å². The minimum absolute atomic E-state index is 0.878. The van der Waals surface area contributed by atoms with E-state index in [2.05, 4.69) is 22.6 Å². The molecular formula is C12H12N2. The van der Waals surface area contributed by atoms with E-state index in [0.717, 1.165) is 16.9 Å². The molecule has 2 heteroatoms. The topological polar surface area (TPSA) is 28.1 Å². The predicted octanol–water partition coefficient (Wildman–Crippen LogP) is 3.53. The molecule has 0 atom stereocenters. The Kier molecular flexibility index (Phi) is 2.19. The molecule has 2 rings (SSSR count). The SMILES string of the molecule is C=Cc1c(/N=C\C)[nH]c2ccccc12. The van der Waals surface area contributed by atoms with Gasteiger partial charge in [-0.1, -0.05) is 30.9 Å². The van der Waals surface area contributed by atoms with E-state index >= 15 is 0 Å². The second-order valence-corrected chi connectivity index (χ2v) is 3.02. The smallest absolute Gasteiger partial charge is 0.137 e. The number of aliphatic imine (C=N–C) groups is 1. The molecular weight excluding hydrogens is 172 g/mol. The highest BCUT2D eigenvalue weighted by Gasteiger charge is 2.05. The summed E-state index contributed by atoms with van der Waals surface area (Å²) in [7, 11) is 0.